The number of hydrogen-bond donors (Lipinski definition) is 7. The summed E-state index contributed by atoms with van der Waals surface area (Å²) in [7, 11) is 0. The molecule has 0 bridgehead atoms. The smallest absolute Gasteiger partial charge is 0.326 e. The maximum atomic E-state index is 14.3. The molecule has 3 saturated heterocycles. The van der Waals surface area contributed by atoms with Crippen LogP contribution < -0.4 is 32.7 Å². The summed E-state index contributed by atoms with van der Waals surface area (Å²) in [5.41, 5.74) is 11.5. The van der Waals surface area contributed by atoms with Gasteiger partial charge in [0, 0.05) is 26.1 Å². The Morgan fingerprint density at radius 1 is 0.865 bits per heavy atom. The molecule has 3 aliphatic heterocycles. The van der Waals surface area contributed by atoms with E-state index in [1.54, 1.807) is 0 Å². The largest absolute Gasteiger partial charge is 0.480 e. The fourth-order valence-electron chi connectivity index (χ4n) is 7.18. The molecule has 0 aromatic heterocycles. The minimum absolute atomic E-state index is 0.0842. The number of likely N-dealkylation sites (tertiary alicyclic amines) is 2. The fourth-order valence-corrected chi connectivity index (χ4v) is 7.18. The summed E-state index contributed by atoms with van der Waals surface area (Å²) in [4.78, 5) is 87.5. The topological polar surface area (TPSA) is 242 Å². The minimum atomic E-state index is -1.22. The molecule has 16 nitrogen and oxygen atoms in total. The number of nitrogens with one attached hydrogen (secondary N) is 4. The second-order valence-electron chi connectivity index (χ2n) is 14.0. The van der Waals surface area contributed by atoms with E-state index in [2.05, 4.69) is 26.3 Å². The van der Waals surface area contributed by atoms with Crippen LogP contribution in [0.1, 0.15) is 77.2 Å². The van der Waals surface area contributed by atoms with Crippen molar-refractivity contribution in [1.29, 1.82) is 0 Å². The zero-order valence-electron chi connectivity index (χ0n) is 30.2. The lowest BCUT2D eigenvalue weighted by Gasteiger charge is -2.33. The molecule has 16 heteroatoms. The summed E-state index contributed by atoms with van der Waals surface area (Å²) < 4.78 is 0. The number of carbonyl (C=O) groups is 6. The highest BCUT2D eigenvalue weighted by Crippen LogP contribution is 2.24. The Morgan fingerprint density at radius 3 is 2.04 bits per heavy atom. The van der Waals surface area contributed by atoms with Crippen molar-refractivity contribution in [2.24, 2.45) is 22.4 Å². The number of aliphatic imine (C=N–C) groups is 1. The lowest BCUT2D eigenvalue weighted by molar-refractivity contribution is -0.146. The second kappa shape index (κ2) is 19.2. The average Bonchev–Trinajstić information content (AvgIpc) is 3.93. The Labute approximate surface area is 304 Å². The fraction of sp³-hybridized carbons (Fsp3) is 0.639. The quantitative estimate of drug-likeness (QED) is 0.0623. The lowest BCUT2D eigenvalue weighted by Crippen LogP contribution is -2.60. The Hall–Kier alpha value is -4.73. The first-order valence-electron chi connectivity index (χ1n) is 18.5. The molecule has 0 unspecified atom stereocenters. The van der Waals surface area contributed by atoms with Gasteiger partial charge >= 0.3 is 5.97 Å². The number of carboxylic acid groups (broad SMARTS) is 1. The van der Waals surface area contributed by atoms with Crippen LogP contribution in [0.25, 0.3) is 0 Å². The van der Waals surface area contributed by atoms with E-state index in [0.717, 1.165) is 18.5 Å². The molecule has 52 heavy (non-hydrogen) atoms. The molecule has 5 amide bonds. The van der Waals surface area contributed by atoms with Crippen molar-refractivity contribution in [3.63, 3.8) is 0 Å². The number of hydrogen-bond acceptors (Lipinski definition) is 8. The van der Waals surface area contributed by atoms with Crippen LogP contribution in [0, 0.1) is 5.92 Å². The van der Waals surface area contributed by atoms with Crippen LogP contribution in [0.4, 0.5) is 0 Å². The van der Waals surface area contributed by atoms with Gasteiger partial charge in [-0.3, -0.25) is 29.0 Å². The van der Waals surface area contributed by atoms with Crippen LogP contribution in [-0.2, 0) is 35.2 Å². The SMILES string of the molecule is CC[C@H](C)[C@H](NC(=O)[C@@H]1CCCN1)C(=O)N1CCC[C@H]1C(=O)N[C@@H](Cc1ccccc1)C(=O)N1CCC[C@H]1C(=O)N[C@@H](CCCN=C(N)N)C(=O)O. The van der Waals surface area contributed by atoms with Gasteiger partial charge in [0.2, 0.25) is 29.5 Å². The molecule has 1 aromatic carbocycles. The van der Waals surface area contributed by atoms with Crippen LogP contribution in [-0.4, -0.2) is 119 Å². The van der Waals surface area contributed by atoms with Crippen molar-refractivity contribution in [2.45, 2.75) is 114 Å². The molecule has 0 spiro atoms. The molecule has 3 fully saturated rings. The average molecular weight is 726 g/mol. The highest BCUT2D eigenvalue weighted by Gasteiger charge is 2.43. The summed E-state index contributed by atoms with van der Waals surface area (Å²) in [5, 5.41) is 21.4. The van der Waals surface area contributed by atoms with E-state index in [0.29, 0.717) is 51.5 Å². The van der Waals surface area contributed by atoms with Crippen molar-refractivity contribution < 1.29 is 33.9 Å². The third-order valence-electron chi connectivity index (χ3n) is 10.3. The number of nitrogens with two attached hydrogens (primary N) is 2. The predicted octanol–water partition coefficient (Wildman–Crippen LogP) is -0.398. The first kappa shape index (κ1) is 40.0. The van der Waals surface area contributed by atoms with Gasteiger partial charge in [0.1, 0.15) is 30.2 Å². The number of aliphatic carboxylic acids is 1. The van der Waals surface area contributed by atoms with Gasteiger partial charge in [0.25, 0.3) is 0 Å². The number of amides is 5. The molecule has 0 aliphatic carbocycles. The van der Waals surface area contributed by atoms with E-state index in [1.807, 2.05) is 44.2 Å². The number of rotatable bonds is 17. The number of benzene rings is 1. The van der Waals surface area contributed by atoms with Gasteiger partial charge in [-0.2, -0.15) is 0 Å². The van der Waals surface area contributed by atoms with E-state index in [9.17, 15) is 33.9 Å². The zero-order chi connectivity index (χ0) is 37.8. The zero-order valence-corrected chi connectivity index (χ0v) is 30.2. The predicted molar refractivity (Wildman–Crippen MR) is 193 cm³/mol. The van der Waals surface area contributed by atoms with E-state index in [4.69, 9.17) is 11.5 Å². The number of carbonyl (C=O) groups excluding carboxylic acids is 5. The highest BCUT2D eigenvalue weighted by molar-refractivity contribution is 5.97. The molecule has 7 atom stereocenters. The van der Waals surface area contributed by atoms with Gasteiger partial charge in [-0.05, 0) is 69.4 Å². The normalized spacial score (nSPS) is 22.2. The summed E-state index contributed by atoms with van der Waals surface area (Å²) in [6.07, 6.45) is 4.57. The van der Waals surface area contributed by atoms with Crippen LogP contribution >= 0.6 is 0 Å². The summed E-state index contributed by atoms with van der Waals surface area (Å²) >= 11 is 0. The van der Waals surface area contributed by atoms with Gasteiger partial charge in [-0.15, -0.1) is 0 Å². The van der Waals surface area contributed by atoms with E-state index >= 15 is 0 Å². The van der Waals surface area contributed by atoms with Gasteiger partial charge in [-0.25, -0.2) is 4.79 Å². The Morgan fingerprint density at radius 2 is 1.48 bits per heavy atom. The number of carboxylic acids is 1. The van der Waals surface area contributed by atoms with Gasteiger partial charge in [0.05, 0.1) is 6.04 Å². The minimum Gasteiger partial charge on any atom is -0.480 e. The van der Waals surface area contributed by atoms with Crippen molar-refractivity contribution in [3.8, 4) is 0 Å². The Balaban J connectivity index is 1.49. The molecule has 4 rings (SSSR count). The molecule has 3 aliphatic rings. The number of guanidine groups is 1. The van der Waals surface area contributed by atoms with Crippen molar-refractivity contribution >= 4 is 41.5 Å². The van der Waals surface area contributed by atoms with E-state index in [1.165, 1.54) is 9.80 Å². The van der Waals surface area contributed by atoms with Crippen LogP contribution in [0.2, 0.25) is 0 Å². The molecule has 286 valence electrons. The standard InChI is InChI=1S/C36H55N9O7/c1-3-22(2)29(43-30(46)24-13-7-17-39-24)34(50)45-20-10-16-28(45)32(48)42-26(21-23-11-5-4-6-12-23)33(49)44-19-9-15-27(44)31(47)41-25(35(51)52)14-8-18-40-36(37)38/h4-6,11-12,22,24-29,39H,3,7-10,13-21H2,1-2H3,(H,41,47)(H,42,48)(H,43,46)(H,51,52)(H4,37,38,40)/t22-,24-,25-,26-,27-,28-,29-/m0/s1. The van der Waals surface area contributed by atoms with E-state index in [-0.39, 0.29) is 55.7 Å². The van der Waals surface area contributed by atoms with Gasteiger partial charge in [0.15, 0.2) is 5.96 Å². The van der Waals surface area contributed by atoms with Gasteiger partial charge < -0.3 is 47.6 Å². The first-order chi connectivity index (χ1) is 24.9. The highest BCUT2D eigenvalue weighted by atomic mass is 16.4. The van der Waals surface area contributed by atoms with Crippen molar-refractivity contribution in [2.75, 3.05) is 26.2 Å². The van der Waals surface area contributed by atoms with Crippen molar-refractivity contribution in [1.82, 2.24) is 31.1 Å². The van der Waals surface area contributed by atoms with E-state index < -0.39 is 53.9 Å². The summed E-state index contributed by atoms with van der Waals surface area (Å²) in [6.45, 7) is 5.38. The van der Waals surface area contributed by atoms with Crippen LogP contribution in [0.3, 0.4) is 0 Å². The first-order valence-corrected chi connectivity index (χ1v) is 18.5. The molecule has 0 saturated carbocycles. The molecule has 3 heterocycles. The summed E-state index contributed by atoms with van der Waals surface area (Å²) in [6, 6.07) is 3.96. The molecule has 1 aromatic rings. The second-order valence-corrected chi connectivity index (χ2v) is 14.0. The maximum Gasteiger partial charge on any atom is 0.326 e. The molecule has 9 N–H and O–H groups in total. The van der Waals surface area contributed by atoms with Crippen LogP contribution in [0.5, 0.6) is 0 Å². The Kier molecular flexibility index (Phi) is 14.8. The maximum absolute atomic E-state index is 14.3. The van der Waals surface area contributed by atoms with Crippen molar-refractivity contribution in [3.05, 3.63) is 35.9 Å². The van der Waals surface area contributed by atoms with Crippen LogP contribution in [0.15, 0.2) is 35.3 Å². The lowest BCUT2D eigenvalue weighted by atomic mass is 9.96. The molecular formula is C36H55N9O7. The third kappa shape index (κ3) is 10.7. The molecule has 0 radical (unpaired) electrons. The third-order valence-corrected chi connectivity index (χ3v) is 10.3. The molecular weight excluding hydrogens is 670 g/mol. The van der Waals surface area contributed by atoms with Gasteiger partial charge in [-0.1, -0.05) is 50.6 Å². The monoisotopic (exact) mass is 725 g/mol. The number of nitrogens with zero attached hydrogens (tertiary/aromatic N) is 3. The summed E-state index contributed by atoms with van der Waals surface area (Å²) in [5.74, 6) is -3.62. The Bertz CT molecular complexity index is 1450.